The number of nitrogens with one attached hydrogen (secondary N) is 1. The van der Waals surface area contributed by atoms with Gasteiger partial charge in [-0.25, -0.2) is 13.4 Å². The standard InChI is InChI=1S/C11H10BrClN2O2S2/c1-6-4-9(18-10(6)12)19(16,17)15-8-3-7(2)11(13)14-5-8/h3-5,15H,1-2H3. The van der Waals surface area contributed by atoms with Crippen molar-refractivity contribution in [3.63, 3.8) is 0 Å². The van der Waals surface area contributed by atoms with Crippen molar-refractivity contribution in [2.24, 2.45) is 0 Å². The highest BCUT2D eigenvalue weighted by atomic mass is 79.9. The quantitative estimate of drug-likeness (QED) is 0.818. The molecule has 0 aliphatic rings. The van der Waals surface area contributed by atoms with E-state index in [1.165, 1.54) is 17.5 Å². The minimum absolute atomic E-state index is 0.254. The molecule has 0 aromatic carbocycles. The highest BCUT2D eigenvalue weighted by Crippen LogP contribution is 2.31. The number of aromatic nitrogens is 1. The van der Waals surface area contributed by atoms with Crippen LogP contribution in [0.4, 0.5) is 5.69 Å². The van der Waals surface area contributed by atoms with Crippen LogP contribution in [0.15, 0.2) is 26.3 Å². The summed E-state index contributed by atoms with van der Waals surface area (Å²) in [6.45, 7) is 3.60. The molecule has 1 N–H and O–H groups in total. The summed E-state index contributed by atoms with van der Waals surface area (Å²) in [6.07, 6.45) is 1.39. The molecule has 2 aromatic rings. The normalized spacial score (nSPS) is 11.6. The predicted molar refractivity (Wildman–Crippen MR) is 81.5 cm³/mol. The van der Waals surface area contributed by atoms with Gasteiger partial charge in [-0.3, -0.25) is 4.72 Å². The van der Waals surface area contributed by atoms with Crippen molar-refractivity contribution in [2.75, 3.05) is 4.72 Å². The molecular weight excluding hydrogens is 372 g/mol. The second-order valence-corrected chi connectivity index (χ2v) is 8.60. The van der Waals surface area contributed by atoms with Gasteiger partial charge in [0.05, 0.1) is 15.7 Å². The van der Waals surface area contributed by atoms with Crippen LogP contribution in [-0.2, 0) is 10.0 Å². The number of rotatable bonds is 3. The number of thiophene rings is 1. The summed E-state index contributed by atoms with van der Waals surface area (Å²) in [4.78, 5) is 3.91. The van der Waals surface area contributed by atoms with E-state index in [9.17, 15) is 8.42 Å². The van der Waals surface area contributed by atoms with Crippen molar-refractivity contribution in [1.29, 1.82) is 0 Å². The van der Waals surface area contributed by atoms with Crippen LogP contribution in [0, 0.1) is 13.8 Å². The first-order valence-corrected chi connectivity index (χ1v) is 8.67. The van der Waals surface area contributed by atoms with E-state index in [0.717, 1.165) is 9.35 Å². The van der Waals surface area contributed by atoms with Crippen molar-refractivity contribution in [2.45, 2.75) is 18.1 Å². The van der Waals surface area contributed by atoms with E-state index < -0.39 is 10.0 Å². The lowest BCUT2D eigenvalue weighted by Gasteiger charge is -2.07. The molecule has 2 rings (SSSR count). The van der Waals surface area contributed by atoms with Gasteiger partial charge < -0.3 is 0 Å². The Morgan fingerprint density at radius 2 is 2.00 bits per heavy atom. The molecule has 0 bridgehead atoms. The Morgan fingerprint density at radius 1 is 1.32 bits per heavy atom. The summed E-state index contributed by atoms with van der Waals surface area (Å²) < 4.78 is 27.9. The summed E-state index contributed by atoms with van der Waals surface area (Å²) in [6, 6.07) is 3.26. The van der Waals surface area contributed by atoms with Crippen LogP contribution in [0.3, 0.4) is 0 Å². The molecule has 0 spiro atoms. The summed E-state index contributed by atoms with van der Waals surface area (Å²) in [5.41, 5.74) is 1.99. The van der Waals surface area contributed by atoms with E-state index in [2.05, 4.69) is 25.6 Å². The van der Waals surface area contributed by atoms with E-state index in [1.54, 1.807) is 19.1 Å². The fraction of sp³-hybridized carbons (Fsp3) is 0.182. The molecule has 2 heterocycles. The van der Waals surface area contributed by atoms with Gasteiger partial charge >= 0.3 is 0 Å². The second-order valence-electron chi connectivity index (χ2n) is 3.96. The van der Waals surface area contributed by atoms with E-state index in [0.29, 0.717) is 16.4 Å². The third kappa shape index (κ3) is 3.28. The average Bonchev–Trinajstić information content (AvgIpc) is 2.65. The molecule has 0 fully saturated rings. The third-order valence-electron chi connectivity index (χ3n) is 2.37. The SMILES string of the molecule is Cc1cc(NS(=O)(=O)c2cc(C)c(Br)s2)cnc1Cl. The molecular formula is C11H10BrClN2O2S2. The van der Waals surface area contributed by atoms with Crippen molar-refractivity contribution < 1.29 is 8.42 Å². The zero-order valence-corrected chi connectivity index (χ0v) is 14.0. The Hall–Kier alpha value is -0.630. The maximum Gasteiger partial charge on any atom is 0.271 e. The Labute approximate surface area is 129 Å². The molecule has 0 saturated heterocycles. The van der Waals surface area contributed by atoms with Crippen LogP contribution in [0.25, 0.3) is 0 Å². The lowest BCUT2D eigenvalue weighted by Crippen LogP contribution is -2.11. The van der Waals surface area contributed by atoms with Crippen LogP contribution in [0.2, 0.25) is 5.15 Å². The Morgan fingerprint density at radius 3 is 2.53 bits per heavy atom. The van der Waals surface area contributed by atoms with Gasteiger partial charge in [0, 0.05) is 0 Å². The minimum Gasteiger partial charge on any atom is -0.277 e. The zero-order valence-electron chi connectivity index (χ0n) is 10.1. The van der Waals surface area contributed by atoms with Gasteiger partial charge in [0.15, 0.2) is 0 Å². The van der Waals surface area contributed by atoms with E-state index in [-0.39, 0.29) is 4.21 Å². The van der Waals surface area contributed by atoms with Crippen LogP contribution in [0.5, 0.6) is 0 Å². The monoisotopic (exact) mass is 380 g/mol. The number of sulfonamides is 1. The number of nitrogens with zero attached hydrogens (tertiary/aromatic N) is 1. The van der Waals surface area contributed by atoms with E-state index in [4.69, 9.17) is 11.6 Å². The maximum atomic E-state index is 12.2. The van der Waals surface area contributed by atoms with Crippen LogP contribution in [0.1, 0.15) is 11.1 Å². The molecule has 2 aromatic heterocycles. The lowest BCUT2D eigenvalue weighted by atomic mass is 10.3. The van der Waals surface area contributed by atoms with Gasteiger partial charge in [0.25, 0.3) is 10.0 Å². The molecule has 102 valence electrons. The summed E-state index contributed by atoms with van der Waals surface area (Å²) in [7, 11) is -3.59. The summed E-state index contributed by atoms with van der Waals surface area (Å²) >= 11 is 10.3. The fourth-order valence-electron chi connectivity index (χ4n) is 1.38. The van der Waals surface area contributed by atoms with Gasteiger partial charge in [-0.2, -0.15) is 0 Å². The highest BCUT2D eigenvalue weighted by molar-refractivity contribution is 9.11. The average molecular weight is 382 g/mol. The molecule has 19 heavy (non-hydrogen) atoms. The number of hydrogen-bond acceptors (Lipinski definition) is 4. The molecule has 8 heteroatoms. The molecule has 0 unspecified atom stereocenters. The maximum absolute atomic E-state index is 12.2. The minimum atomic E-state index is -3.59. The van der Waals surface area contributed by atoms with E-state index in [1.807, 2.05) is 6.92 Å². The van der Waals surface area contributed by atoms with Crippen molar-refractivity contribution in [1.82, 2.24) is 4.98 Å². The summed E-state index contributed by atoms with van der Waals surface area (Å²) in [5, 5.41) is 0.359. The van der Waals surface area contributed by atoms with E-state index >= 15 is 0 Å². The van der Waals surface area contributed by atoms with Crippen molar-refractivity contribution in [3.8, 4) is 0 Å². The molecule has 0 radical (unpaired) electrons. The number of anilines is 1. The van der Waals surface area contributed by atoms with Gasteiger partial charge in [-0.15, -0.1) is 11.3 Å². The lowest BCUT2D eigenvalue weighted by molar-refractivity contribution is 0.603. The van der Waals surface area contributed by atoms with Gasteiger partial charge in [0.2, 0.25) is 0 Å². The Balaban J connectivity index is 2.33. The molecule has 0 atom stereocenters. The number of pyridine rings is 1. The van der Waals surface area contributed by atoms with Gasteiger partial charge in [-0.1, -0.05) is 11.6 Å². The smallest absolute Gasteiger partial charge is 0.271 e. The largest absolute Gasteiger partial charge is 0.277 e. The topological polar surface area (TPSA) is 59.1 Å². The first-order chi connectivity index (χ1) is 8.79. The van der Waals surface area contributed by atoms with Gasteiger partial charge in [0.1, 0.15) is 9.36 Å². The molecule has 0 saturated carbocycles. The highest BCUT2D eigenvalue weighted by Gasteiger charge is 2.18. The fourth-order valence-corrected chi connectivity index (χ4v) is 4.75. The number of hydrogen-bond donors (Lipinski definition) is 1. The van der Waals surface area contributed by atoms with Gasteiger partial charge in [-0.05, 0) is 53.0 Å². The Bertz CT molecular complexity index is 709. The molecule has 4 nitrogen and oxygen atoms in total. The number of halogens is 2. The number of aryl methyl sites for hydroxylation is 2. The first-order valence-electron chi connectivity index (χ1n) is 5.20. The molecule has 0 aliphatic carbocycles. The molecule has 0 amide bonds. The van der Waals surface area contributed by atoms with Crippen molar-refractivity contribution in [3.05, 3.63) is 38.4 Å². The third-order valence-corrected chi connectivity index (χ3v) is 6.75. The zero-order chi connectivity index (χ0) is 14.2. The van der Waals surface area contributed by atoms with Crippen LogP contribution >= 0.6 is 38.9 Å². The van der Waals surface area contributed by atoms with Crippen LogP contribution in [-0.4, -0.2) is 13.4 Å². The van der Waals surface area contributed by atoms with Crippen molar-refractivity contribution >= 4 is 54.6 Å². The predicted octanol–water partition coefficient (Wildman–Crippen LogP) is 3.98. The van der Waals surface area contributed by atoms with Crippen LogP contribution < -0.4 is 4.72 Å². The first kappa shape index (κ1) is 14.8. The second kappa shape index (κ2) is 5.40. The molecule has 0 aliphatic heterocycles. The Kier molecular flexibility index (Phi) is 4.20. The summed E-state index contributed by atoms with van der Waals surface area (Å²) in [5.74, 6) is 0.